The van der Waals surface area contributed by atoms with Crippen LogP contribution >= 0.6 is 11.6 Å². The molecular formula is C7H7ClO3. The summed E-state index contributed by atoms with van der Waals surface area (Å²) in [4.78, 5) is 0. The van der Waals surface area contributed by atoms with Crippen molar-refractivity contribution in [3.8, 4) is 17.2 Å². The van der Waals surface area contributed by atoms with Crippen LogP contribution in [0.3, 0.4) is 0 Å². The molecule has 0 unspecified atom stereocenters. The van der Waals surface area contributed by atoms with E-state index in [1.807, 2.05) is 0 Å². The molecule has 0 heterocycles. The lowest BCUT2D eigenvalue weighted by molar-refractivity contribution is 0.367. The van der Waals surface area contributed by atoms with Crippen molar-refractivity contribution in [2.45, 2.75) is 5.88 Å². The van der Waals surface area contributed by atoms with Gasteiger partial charge in [-0.25, -0.2) is 0 Å². The van der Waals surface area contributed by atoms with Crippen LogP contribution in [0.5, 0.6) is 17.2 Å². The quantitative estimate of drug-likeness (QED) is 0.447. The first kappa shape index (κ1) is 8.01. The van der Waals surface area contributed by atoms with Gasteiger partial charge in [-0.05, 0) is 17.7 Å². The summed E-state index contributed by atoms with van der Waals surface area (Å²) in [7, 11) is 0. The second kappa shape index (κ2) is 2.88. The van der Waals surface area contributed by atoms with Crippen molar-refractivity contribution in [1.82, 2.24) is 0 Å². The van der Waals surface area contributed by atoms with Gasteiger partial charge in [-0.15, -0.1) is 11.6 Å². The van der Waals surface area contributed by atoms with Crippen LogP contribution in [0.4, 0.5) is 0 Å². The summed E-state index contributed by atoms with van der Waals surface area (Å²) in [6, 6.07) is 2.59. The SMILES string of the molecule is Oc1cc(CCl)cc(O)c1O. The number of phenolic OH excluding ortho intramolecular Hbond substituents is 3. The van der Waals surface area contributed by atoms with Gasteiger partial charge in [0.1, 0.15) is 0 Å². The molecule has 0 aliphatic rings. The number of benzene rings is 1. The third-order valence-corrected chi connectivity index (χ3v) is 1.59. The molecule has 11 heavy (non-hydrogen) atoms. The molecule has 3 N–H and O–H groups in total. The summed E-state index contributed by atoms with van der Waals surface area (Å²) < 4.78 is 0. The average molecular weight is 175 g/mol. The van der Waals surface area contributed by atoms with Gasteiger partial charge in [-0.3, -0.25) is 0 Å². The summed E-state index contributed by atoms with van der Waals surface area (Å²) in [5.41, 5.74) is 0.555. The molecule has 0 bridgehead atoms. The minimum Gasteiger partial charge on any atom is -0.504 e. The zero-order valence-electron chi connectivity index (χ0n) is 5.58. The van der Waals surface area contributed by atoms with Crippen LogP contribution in [0.25, 0.3) is 0 Å². The highest BCUT2D eigenvalue weighted by Gasteiger charge is 2.06. The molecule has 1 aromatic rings. The molecule has 1 aromatic carbocycles. The van der Waals surface area contributed by atoms with Gasteiger partial charge < -0.3 is 15.3 Å². The number of alkyl halides is 1. The minimum atomic E-state index is -0.515. The first-order chi connectivity index (χ1) is 5.15. The van der Waals surface area contributed by atoms with Gasteiger partial charge in [0.25, 0.3) is 0 Å². The fourth-order valence-electron chi connectivity index (χ4n) is 0.738. The van der Waals surface area contributed by atoms with Crippen molar-refractivity contribution in [2.24, 2.45) is 0 Å². The van der Waals surface area contributed by atoms with Gasteiger partial charge in [-0.2, -0.15) is 0 Å². The molecular weight excluding hydrogens is 168 g/mol. The average Bonchev–Trinajstić information content (AvgIpc) is 1.99. The Hall–Kier alpha value is -1.09. The fraction of sp³-hybridized carbons (Fsp3) is 0.143. The highest BCUT2D eigenvalue weighted by molar-refractivity contribution is 6.17. The highest BCUT2D eigenvalue weighted by Crippen LogP contribution is 2.35. The molecule has 1 rings (SSSR count). The molecule has 0 spiro atoms. The first-order valence-electron chi connectivity index (χ1n) is 2.95. The third-order valence-electron chi connectivity index (χ3n) is 1.28. The summed E-state index contributed by atoms with van der Waals surface area (Å²) in [6.45, 7) is 0. The minimum absolute atomic E-state index is 0.182. The lowest BCUT2D eigenvalue weighted by Crippen LogP contribution is -1.78. The normalized spacial score (nSPS) is 9.91. The summed E-state index contributed by atoms with van der Waals surface area (Å²) in [5.74, 6) is -1.05. The zero-order valence-corrected chi connectivity index (χ0v) is 6.34. The van der Waals surface area contributed by atoms with E-state index < -0.39 is 5.75 Å². The highest BCUT2D eigenvalue weighted by atomic mass is 35.5. The van der Waals surface area contributed by atoms with E-state index in [1.54, 1.807) is 0 Å². The largest absolute Gasteiger partial charge is 0.504 e. The zero-order chi connectivity index (χ0) is 8.43. The van der Waals surface area contributed by atoms with Gasteiger partial charge in [0.2, 0.25) is 0 Å². The third kappa shape index (κ3) is 1.49. The van der Waals surface area contributed by atoms with E-state index in [0.29, 0.717) is 5.56 Å². The maximum absolute atomic E-state index is 8.94. The lowest BCUT2D eigenvalue weighted by atomic mass is 10.2. The van der Waals surface area contributed by atoms with Crippen molar-refractivity contribution < 1.29 is 15.3 Å². The van der Waals surface area contributed by atoms with Crippen molar-refractivity contribution in [3.05, 3.63) is 17.7 Å². The number of aromatic hydroxyl groups is 3. The van der Waals surface area contributed by atoms with Crippen molar-refractivity contribution in [2.75, 3.05) is 0 Å². The van der Waals surface area contributed by atoms with E-state index in [0.717, 1.165) is 0 Å². The van der Waals surface area contributed by atoms with E-state index in [1.165, 1.54) is 12.1 Å². The first-order valence-corrected chi connectivity index (χ1v) is 3.48. The molecule has 0 saturated heterocycles. The van der Waals surface area contributed by atoms with Gasteiger partial charge in [0, 0.05) is 5.88 Å². The van der Waals surface area contributed by atoms with E-state index in [4.69, 9.17) is 26.9 Å². The molecule has 0 atom stereocenters. The predicted octanol–water partition coefficient (Wildman–Crippen LogP) is 1.54. The lowest BCUT2D eigenvalue weighted by Gasteiger charge is -2.02. The number of phenols is 3. The molecule has 0 aromatic heterocycles. The Morgan fingerprint density at radius 2 is 1.55 bits per heavy atom. The van der Waals surface area contributed by atoms with Gasteiger partial charge in [-0.1, -0.05) is 0 Å². The Balaban J connectivity index is 3.21. The Kier molecular flexibility index (Phi) is 2.10. The standard InChI is InChI=1S/C7H7ClO3/c8-3-4-1-5(9)7(11)6(10)2-4/h1-2,9-11H,3H2. The second-order valence-electron chi connectivity index (χ2n) is 2.12. The Morgan fingerprint density at radius 3 is 1.91 bits per heavy atom. The molecule has 0 saturated carbocycles. The molecule has 0 aliphatic heterocycles. The Bertz CT molecular complexity index is 249. The summed E-state index contributed by atoms with van der Waals surface area (Å²) >= 11 is 5.42. The van der Waals surface area contributed by atoms with Crippen LogP contribution in [-0.2, 0) is 5.88 Å². The van der Waals surface area contributed by atoms with Gasteiger partial charge >= 0.3 is 0 Å². The van der Waals surface area contributed by atoms with Crippen molar-refractivity contribution >= 4 is 11.6 Å². The number of hydrogen-bond acceptors (Lipinski definition) is 3. The second-order valence-corrected chi connectivity index (χ2v) is 2.38. The van der Waals surface area contributed by atoms with E-state index in [-0.39, 0.29) is 17.4 Å². The van der Waals surface area contributed by atoms with Crippen LogP contribution in [0.2, 0.25) is 0 Å². The predicted molar refractivity (Wildman–Crippen MR) is 41.0 cm³/mol. The van der Waals surface area contributed by atoms with Crippen molar-refractivity contribution in [1.29, 1.82) is 0 Å². The van der Waals surface area contributed by atoms with Crippen LogP contribution in [0, 0.1) is 0 Å². The molecule has 0 radical (unpaired) electrons. The van der Waals surface area contributed by atoms with Crippen LogP contribution in [0.15, 0.2) is 12.1 Å². The molecule has 3 nitrogen and oxygen atoms in total. The topological polar surface area (TPSA) is 60.7 Å². The van der Waals surface area contributed by atoms with Crippen molar-refractivity contribution in [3.63, 3.8) is 0 Å². The molecule has 4 heteroatoms. The van der Waals surface area contributed by atoms with E-state index >= 15 is 0 Å². The monoisotopic (exact) mass is 174 g/mol. The summed E-state index contributed by atoms with van der Waals surface area (Å²) in [5, 5.41) is 26.8. The number of hydrogen-bond donors (Lipinski definition) is 3. The maximum Gasteiger partial charge on any atom is 0.200 e. The molecule has 0 fully saturated rings. The Morgan fingerprint density at radius 1 is 1.09 bits per heavy atom. The molecule has 0 aliphatic carbocycles. The van der Waals surface area contributed by atoms with Gasteiger partial charge in [0.05, 0.1) is 0 Å². The van der Waals surface area contributed by atoms with Crippen LogP contribution in [0.1, 0.15) is 5.56 Å². The molecule has 60 valence electrons. The molecule has 0 amide bonds. The smallest absolute Gasteiger partial charge is 0.200 e. The fourth-order valence-corrected chi connectivity index (χ4v) is 0.892. The maximum atomic E-state index is 8.94. The van der Waals surface area contributed by atoms with Crippen LogP contribution in [-0.4, -0.2) is 15.3 Å². The van der Waals surface area contributed by atoms with Gasteiger partial charge in [0.15, 0.2) is 17.2 Å². The number of rotatable bonds is 1. The van der Waals surface area contributed by atoms with E-state index in [2.05, 4.69) is 0 Å². The summed E-state index contributed by atoms with van der Waals surface area (Å²) in [6.07, 6.45) is 0. The van der Waals surface area contributed by atoms with E-state index in [9.17, 15) is 0 Å². The Labute approximate surface area is 68.5 Å². The number of halogens is 1. The van der Waals surface area contributed by atoms with Crippen LogP contribution < -0.4 is 0 Å².